The lowest BCUT2D eigenvalue weighted by molar-refractivity contribution is -0.159. The second kappa shape index (κ2) is 6.08. The predicted octanol–water partition coefficient (Wildman–Crippen LogP) is 0.699. The van der Waals surface area contributed by atoms with Crippen molar-refractivity contribution in [1.29, 1.82) is 0 Å². The highest BCUT2D eigenvalue weighted by Crippen LogP contribution is 2.23. The van der Waals surface area contributed by atoms with Crippen molar-refractivity contribution in [2.45, 2.75) is 38.3 Å². The number of rotatable bonds is 3. The van der Waals surface area contributed by atoms with Gasteiger partial charge in [-0.15, -0.1) is 0 Å². The molecule has 1 aromatic heterocycles. The van der Waals surface area contributed by atoms with Crippen LogP contribution in [0.1, 0.15) is 36.0 Å². The molecule has 7 heteroatoms. The van der Waals surface area contributed by atoms with E-state index in [1.54, 1.807) is 22.9 Å². The first-order valence-corrected chi connectivity index (χ1v) is 7.72. The Bertz CT molecular complexity index is 571. The van der Waals surface area contributed by atoms with E-state index in [0.717, 1.165) is 25.0 Å². The summed E-state index contributed by atoms with van der Waals surface area (Å²) < 4.78 is 10.7. The van der Waals surface area contributed by atoms with Gasteiger partial charge in [-0.25, -0.2) is 0 Å². The van der Waals surface area contributed by atoms with Crippen LogP contribution in [0.2, 0.25) is 0 Å². The van der Waals surface area contributed by atoms with Crippen molar-refractivity contribution in [1.82, 2.24) is 15.0 Å². The second-order valence-corrected chi connectivity index (χ2v) is 5.89. The van der Waals surface area contributed by atoms with Crippen LogP contribution in [0.25, 0.3) is 0 Å². The molecule has 2 fully saturated rings. The number of carbonyl (C=O) groups is 2. The second-order valence-electron chi connectivity index (χ2n) is 5.89. The van der Waals surface area contributed by atoms with E-state index >= 15 is 0 Å². The number of morpholine rings is 1. The van der Waals surface area contributed by atoms with Crippen LogP contribution in [0.5, 0.6) is 0 Å². The molecule has 3 rings (SSSR count). The zero-order valence-corrected chi connectivity index (χ0v) is 12.9. The number of fused-ring (bicyclic) bond motifs is 1. The van der Waals surface area contributed by atoms with Crippen molar-refractivity contribution >= 4 is 11.8 Å². The highest BCUT2D eigenvalue weighted by atomic mass is 16.5. The van der Waals surface area contributed by atoms with Gasteiger partial charge in [-0.1, -0.05) is 12.1 Å². The van der Waals surface area contributed by atoms with Gasteiger partial charge in [0.2, 0.25) is 5.91 Å². The Morgan fingerprint density at radius 1 is 1.50 bits per heavy atom. The quantitative estimate of drug-likeness (QED) is 0.821. The standard InChI is InChI=1S/C15H21N3O4/c1-3-4-10-7-11(16-22-10)15(20)18-6-5-13-12(8-18)17(2)14(19)9-21-13/h7,12-13H,3-6,8-9H2,1-2H3/t12-,13+/m0/s1. The first-order chi connectivity index (χ1) is 10.6. The number of piperidine rings is 1. The molecule has 3 heterocycles. The van der Waals surface area contributed by atoms with Gasteiger partial charge in [-0.3, -0.25) is 9.59 Å². The summed E-state index contributed by atoms with van der Waals surface area (Å²) in [5, 5.41) is 3.87. The SMILES string of the molecule is CCCc1cc(C(=O)N2CC[C@H]3OCC(=O)N(C)[C@H]3C2)no1. The van der Waals surface area contributed by atoms with Gasteiger partial charge >= 0.3 is 0 Å². The summed E-state index contributed by atoms with van der Waals surface area (Å²) in [4.78, 5) is 27.7. The van der Waals surface area contributed by atoms with E-state index < -0.39 is 0 Å². The largest absolute Gasteiger partial charge is 0.366 e. The average Bonchev–Trinajstić information content (AvgIpc) is 2.99. The fourth-order valence-corrected chi connectivity index (χ4v) is 3.07. The summed E-state index contributed by atoms with van der Waals surface area (Å²) >= 11 is 0. The molecule has 0 unspecified atom stereocenters. The molecule has 7 nitrogen and oxygen atoms in total. The molecule has 2 saturated heterocycles. The van der Waals surface area contributed by atoms with Crippen LogP contribution in [0.15, 0.2) is 10.6 Å². The van der Waals surface area contributed by atoms with Crippen molar-refractivity contribution < 1.29 is 18.8 Å². The fraction of sp³-hybridized carbons (Fsp3) is 0.667. The normalized spacial score (nSPS) is 25.3. The van der Waals surface area contributed by atoms with Gasteiger partial charge in [0, 0.05) is 32.6 Å². The molecule has 120 valence electrons. The summed E-state index contributed by atoms with van der Waals surface area (Å²) in [6, 6.07) is 1.63. The smallest absolute Gasteiger partial charge is 0.276 e. The van der Waals surface area contributed by atoms with Crippen molar-refractivity contribution in [3.63, 3.8) is 0 Å². The summed E-state index contributed by atoms with van der Waals surface area (Å²) in [5.74, 6) is 0.548. The number of nitrogens with zero attached hydrogens (tertiary/aromatic N) is 3. The van der Waals surface area contributed by atoms with E-state index in [2.05, 4.69) is 5.16 Å². The van der Waals surface area contributed by atoms with Crippen LogP contribution in [0, 0.1) is 0 Å². The van der Waals surface area contributed by atoms with E-state index in [0.29, 0.717) is 18.8 Å². The number of amides is 2. The number of hydrogen-bond donors (Lipinski definition) is 0. The minimum atomic E-state index is -0.143. The van der Waals surface area contributed by atoms with E-state index in [1.165, 1.54) is 0 Å². The first kappa shape index (κ1) is 15.0. The molecule has 0 saturated carbocycles. The minimum Gasteiger partial charge on any atom is -0.366 e. The van der Waals surface area contributed by atoms with Crippen LogP contribution >= 0.6 is 0 Å². The van der Waals surface area contributed by atoms with Crippen molar-refractivity contribution in [2.75, 3.05) is 26.7 Å². The molecule has 2 aliphatic heterocycles. The van der Waals surface area contributed by atoms with Crippen LogP contribution in [0.4, 0.5) is 0 Å². The molecular weight excluding hydrogens is 286 g/mol. The molecule has 0 aromatic carbocycles. The van der Waals surface area contributed by atoms with Gasteiger partial charge in [-0.2, -0.15) is 0 Å². The lowest BCUT2D eigenvalue weighted by Crippen LogP contribution is -2.61. The third-order valence-corrected chi connectivity index (χ3v) is 4.39. The molecule has 2 atom stereocenters. The van der Waals surface area contributed by atoms with Gasteiger partial charge in [0.05, 0.1) is 12.1 Å². The Kier molecular flexibility index (Phi) is 4.15. The molecule has 0 spiro atoms. The number of aryl methyl sites for hydroxylation is 1. The summed E-state index contributed by atoms with van der Waals surface area (Å²) in [5.41, 5.74) is 0.340. The molecule has 0 radical (unpaired) electrons. The van der Waals surface area contributed by atoms with E-state index in [9.17, 15) is 9.59 Å². The highest BCUT2D eigenvalue weighted by Gasteiger charge is 2.40. The number of hydrogen-bond acceptors (Lipinski definition) is 5. The Labute approximate surface area is 129 Å². The number of carbonyl (C=O) groups excluding carboxylic acids is 2. The van der Waals surface area contributed by atoms with Gasteiger partial charge in [0.1, 0.15) is 12.4 Å². The van der Waals surface area contributed by atoms with E-state index in [1.807, 2.05) is 6.92 Å². The fourth-order valence-electron chi connectivity index (χ4n) is 3.07. The summed E-state index contributed by atoms with van der Waals surface area (Å²) in [6.45, 7) is 3.26. The summed E-state index contributed by atoms with van der Waals surface area (Å²) in [6.07, 6.45) is 2.46. The van der Waals surface area contributed by atoms with E-state index in [4.69, 9.17) is 9.26 Å². The van der Waals surface area contributed by atoms with Crippen LogP contribution in [-0.2, 0) is 16.0 Å². The summed E-state index contributed by atoms with van der Waals surface area (Å²) in [7, 11) is 1.77. The van der Waals surface area contributed by atoms with Gasteiger partial charge in [0.25, 0.3) is 5.91 Å². The molecule has 0 N–H and O–H groups in total. The molecular formula is C15H21N3O4. The first-order valence-electron chi connectivity index (χ1n) is 7.72. The Balaban J connectivity index is 1.69. The topological polar surface area (TPSA) is 75.9 Å². The highest BCUT2D eigenvalue weighted by molar-refractivity contribution is 5.92. The number of likely N-dealkylation sites (tertiary alicyclic amines) is 1. The molecule has 1 aromatic rings. The third-order valence-electron chi connectivity index (χ3n) is 4.39. The molecule has 22 heavy (non-hydrogen) atoms. The maximum absolute atomic E-state index is 12.5. The van der Waals surface area contributed by atoms with Crippen LogP contribution < -0.4 is 0 Å². The molecule has 0 bridgehead atoms. The monoisotopic (exact) mass is 307 g/mol. The minimum absolute atomic E-state index is 0.0136. The van der Waals surface area contributed by atoms with Crippen molar-refractivity contribution in [2.24, 2.45) is 0 Å². The Morgan fingerprint density at radius 3 is 3.09 bits per heavy atom. The van der Waals surface area contributed by atoms with Crippen molar-refractivity contribution in [3.8, 4) is 0 Å². The van der Waals surface area contributed by atoms with Crippen LogP contribution in [0.3, 0.4) is 0 Å². The molecule has 0 aliphatic carbocycles. The lowest BCUT2D eigenvalue weighted by atomic mass is 9.98. The molecule has 2 amide bonds. The van der Waals surface area contributed by atoms with Crippen molar-refractivity contribution in [3.05, 3.63) is 17.5 Å². The van der Waals surface area contributed by atoms with Gasteiger partial charge in [0.15, 0.2) is 5.69 Å². The number of aromatic nitrogens is 1. The zero-order chi connectivity index (χ0) is 15.7. The number of likely N-dealkylation sites (N-methyl/N-ethyl adjacent to an activating group) is 1. The molecule has 2 aliphatic rings. The Hall–Kier alpha value is -1.89. The van der Waals surface area contributed by atoms with E-state index in [-0.39, 0.29) is 30.6 Å². The maximum Gasteiger partial charge on any atom is 0.276 e. The average molecular weight is 307 g/mol. The lowest BCUT2D eigenvalue weighted by Gasteiger charge is -2.45. The zero-order valence-electron chi connectivity index (χ0n) is 12.9. The van der Waals surface area contributed by atoms with Gasteiger partial charge in [-0.05, 0) is 12.8 Å². The Morgan fingerprint density at radius 2 is 2.32 bits per heavy atom. The van der Waals surface area contributed by atoms with Crippen LogP contribution in [-0.4, -0.2) is 65.7 Å². The maximum atomic E-state index is 12.5. The predicted molar refractivity (Wildman–Crippen MR) is 77.3 cm³/mol. The van der Waals surface area contributed by atoms with Gasteiger partial charge < -0.3 is 19.1 Å². The third kappa shape index (κ3) is 2.72. The number of ether oxygens (including phenoxy) is 1.